The van der Waals surface area contributed by atoms with Crippen LogP contribution in [0, 0.1) is 13.8 Å². The second-order valence-corrected chi connectivity index (χ2v) is 6.69. The number of thiazole rings is 1. The predicted octanol–water partition coefficient (Wildman–Crippen LogP) is 3.45. The summed E-state index contributed by atoms with van der Waals surface area (Å²) >= 11 is 1.24. The first-order valence-electron chi connectivity index (χ1n) is 7.93. The number of rotatable bonds is 5. The third kappa shape index (κ3) is 3.41. The fourth-order valence-electron chi connectivity index (χ4n) is 2.69. The number of amides is 1. The van der Waals surface area contributed by atoms with Gasteiger partial charge in [0.05, 0.1) is 30.7 Å². The number of hydrogen-bond donors (Lipinski definition) is 1. The van der Waals surface area contributed by atoms with Crippen LogP contribution in [0.2, 0.25) is 0 Å². The smallest absolute Gasteiger partial charge is 0.273 e. The molecule has 3 rings (SSSR count). The first-order valence-corrected chi connectivity index (χ1v) is 8.75. The van der Waals surface area contributed by atoms with Crippen molar-refractivity contribution in [1.82, 2.24) is 20.1 Å². The van der Waals surface area contributed by atoms with E-state index in [1.54, 1.807) is 20.2 Å². The van der Waals surface area contributed by atoms with Crippen LogP contribution in [0.4, 0.5) is 0 Å². The molecule has 0 aliphatic rings. The van der Waals surface area contributed by atoms with E-state index in [4.69, 9.17) is 4.74 Å². The molecule has 0 unspecified atom stereocenters. The van der Waals surface area contributed by atoms with Crippen molar-refractivity contribution in [2.45, 2.75) is 26.8 Å². The van der Waals surface area contributed by atoms with Gasteiger partial charge in [-0.2, -0.15) is 5.10 Å². The molecule has 1 atom stereocenters. The summed E-state index contributed by atoms with van der Waals surface area (Å²) in [4.78, 5) is 17.3. The van der Waals surface area contributed by atoms with E-state index in [0.717, 1.165) is 16.9 Å². The average Bonchev–Trinajstić information content (AvgIpc) is 3.18. The molecule has 0 saturated heterocycles. The summed E-state index contributed by atoms with van der Waals surface area (Å²) < 4.78 is 6.97. The molecule has 3 aromatic rings. The molecule has 1 amide bonds. The molecule has 7 heteroatoms. The SMILES string of the molecule is COc1nc(C)c(C(=O)N[C@@H](C)c2cnn(-c3ccccc3)c2C)s1. The minimum absolute atomic E-state index is 0.155. The molecule has 2 aromatic heterocycles. The van der Waals surface area contributed by atoms with Gasteiger partial charge in [0.25, 0.3) is 11.1 Å². The van der Waals surface area contributed by atoms with Crippen molar-refractivity contribution in [3.63, 3.8) is 0 Å². The van der Waals surface area contributed by atoms with Gasteiger partial charge in [0, 0.05) is 11.3 Å². The molecule has 0 bridgehead atoms. The summed E-state index contributed by atoms with van der Waals surface area (Å²) in [5, 5.41) is 7.97. The number of benzene rings is 1. The van der Waals surface area contributed by atoms with Crippen molar-refractivity contribution >= 4 is 17.2 Å². The van der Waals surface area contributed by atoms with Gasteiger partial charge in [-0.15, -0.1) is 0 Å². The van der Waals surface area contributed by atoms with Gasteiger partial charge in [-0.1, -0.05) is 29.5 Å². The Morgan fingerprint density at radius 3 is 2.64 bits per heavy atom. The molecule has 0 aliphatic carbocycles. The lowest BCUT2D eigenvalue weighted by molar-refractivity contribution is 0.0943. The molecular weight excluding hydrogens is 336 g/mol. The van der Waals surface area contributed by atoms with Crippen LogP contribution < -0.4 is 10.1 Å². The minimum atomic E-state index is -0.169. The largest absolute Gasteiger partial charge is 0.473 e. The predicted molar refractivity (Wildman–Crippen MR) is 97.6 cm³/mol. The molecule has 1 N–H and O–H groups in total. The van der Waals surface area contributed by atoms with Gasteiger partial charge in [-0.25, -0.2) is 9.67 Å². The van der Waals surface area contributed by atoms with Crippen molar-refractivity contribution in [2.75, 3.05) is 7.11 Å². The van der Waals surface area contributed by atoms with Crippen LogP contribution in [0.5, 0.6) is 5.19 Å². The molecular formula is C18H20N4O2S. The number of ether oxygens (including phenoxy) is 1. The summed E-state index contributed by atoms with van der Waals surface area (Å²) in [5.41, 5.74) is 3.64. The molecule has 0 radical (unpaired) electrons. The number of para-hydroxylation sites is 1. The first kappa shape index (κ1) is 17.2. The lowest BCUT2D eigenvalue weighted by atomic mass is 10.1. The topological polar surface area (TPSA) is 69.0 Å². The monoisotopic (exact) mass is 356 g/mol. The molecule has 6 nitrogen and oxygen atoms in total. The summed E-state index contributed by atoms with van der Waals surface area (Å²) in [5.74, 6) is -0.155. The fraction of sp³-hybridized carbons (Fsp3) is 0.278. The Labute approximate surface area is 150 Å². The zero-order valence-corrected chi connectivity index (χ0v) is 15.4. The van der Waals surface area contributed by atoms with Gasteiger partial charge < -0.3 is 10.1 Å². The van der Waals surface area contributed by atoms with Crippen LogP contribution in [0.15, 0.2) is 36.5 Å². The van der Waals surface area contributed by atoms with E-state index in [0.29, 0.717) is 15.8 Å². The van der Waals surface area contributed by atoms with E-state index >= 15 is 0 Å². The first-order chi connectivity index (χ1) is 12.0. The van der Waals surface area contributed by atoms with Crippen molar-refractivity contribution in [2.24, 2.45) is 0 Å². The number of nitrogens with one attached hydrogen (secondary N) is 1. The number of carbonyl (C=O) groups is 1. The highest BCUT2D eigenvalue weighted by Crippen LogP contribution is 2.26. The standard InChI is InChI=1S/C18H20N4O2S/c1-11(20-17(23)16-12(2)21-18(24-4)25-16)15-10-19-22(13(15)3)14-8-6-5-7-9-14/h5-11H,1-4H3,(H,20,23)/t11-/m0/s1. The third-order valence-corrected chi connectivity index (χ3v) is 5.14. The summed E-state index contributed by atoms with van der Waals surface area (Å²) in [6.07, 6.45) is 1.80. The lowest BCUT2D eigenvalue weighted by Gasteiger charge is -2.13. The highest BCUT2D eigenvalue weighted by molar-refractivity contribution is 7.15. The number of methoxy groups -OCH3 is 1. The van der Waals surface area contributed by atoms with Gasteiger partial charge in [0.1, 0.15) is 4.88 Å². The second kappa shape index (κ2) is 7.06. The molecule has 130 valence electrons. The fourth-order valence-corrected chi connectivity index (χ4v) is 3.47. The van der Waals surface area contributed by atoms with E-state index in [1.807, 2.05) is 48.9 Å². The van der Waals surface area contributed by atoms with Crippen molar-refractivity contribution in [1.29, 1.82) is 0 Å². The highest BCUT2D eigenvalue weighted by atomic mass is 32.1. The van der Waals surface area contributed by atoms with Crippen LogP contribution in [0.1, 0.15) is 39.6 Å². The summed E-state index contributed by atoms with van der Waals surface area (Å²) in [6.45, 7) is 5.75. The zero-order valence-electron chi connectivity index (χ0n) is 14.6. The second-order valence-electron chi connectivity index (χ2n) is 5.73. The van der Waals surface area contributed by atoms with E-state index < -0.39 is 0 Å². The Balaban J connectivity index is 1.80. The number of nitrogens with zero attached hydrogens (tertiary/aromatic N) is 3. The molecule has 2 heterocycles. The molecule has 1 aromatic carbocycles. The lowest BCUT2D eigenvalue weighted by Crippen LogP contribution is -2.26. The maximum absolute atomic E-state index is 12.5. The summed E-state index contributed by atoms with van der Waals surface area (Å²) in [7, 11) is 1.55. The summed E-state index contributed by atoms with van der Waals surface area (Å²) in [6, 6.07) is 9.75. The van der Waals surface area contributed by atoms with Gasteiger partial charge in [-0.3, -0.25) is 4.79 Å². The van der Waals surface area contributed by atoms with Gasteiger partial charge in [0.2, 0.25) is 0 Å². The number of carbonyl (C=O) groups excluding carboxylic acids is 1. The van der Waals surface area contributed by atoms with Crippen molar-refractivity contribution in [3.05, 3.63) is 58.4 Å². The molecule has 0 fully saturated rings. The molecule has 25 heavy (non-hydrogen) atoms. The van der Waals surface area contributed by atoms with E-state index in [-0.39, 0.29) is 11.9 Å². The Morgan fingerprint density at radius 1 is 1.28 bits per heavy atom. The molecule has 0 aliphatic heterocycles. The van der Waals surface area contributed by atoms with E-state index in [2.05, 4.69) is 15.4 Å². The maximum Gasteiger partial charge on any atom is 0.273 e. The molecule has 0 saturated carbocycles. The van der Waals surface area contributed by atoms with Crippen LogP contribution in [-0.2, 0) is 0 Å². The van der Waals surface area contributed by atoms with Gasteiger partial charge >= 0.3 is 0 Å². The number of hydrogen-bond acceptors (Lipinski definition) is 5. The van der Waals surface area contributed by atoms with E-state index in [9.17, 15) is 4.79 Å². The third-order valence-electron chi connectivity index (χ3n) is 4.02. The average molecular weight is 356 g/mol. The number of aryl methyl sites for hydroxylation is 1. The molecule has 0 spiro atoms. The van der Waals surface area contributed by atoms with Crippen molar-refractivity contribution in [3.8, 4) is 10.9 Å². The van der Waals surface area contributed by atoms with Crippen LogP contribution in [-0.4, -0.2) is 27.8 Å². The van der Waals surface area contributed by atoms with Gasteiger partial charge in [0.15, 0.2) is 0 Å². The zero-order chi connectivity index (χ0) is 18.0. The van der Waals surface area contributed by atoms with Gasteiger partial charge in [-0.05, 0) is 32.9 Å². The Hall–Kier alpha value is -2.67. The maximum atomic E-state index is 12.5. The van der Waals surface area contributed by atoms with Crippen LogP contribution >= 0.6 is 11.3 Å². The van der Waals surface area contributed by atoms with Crippen LogP contribution in [0.25, 0.3) is 5.69 Å². The Morgan fingerprint density at radius 2 is 2.00 bits per heavy atom. The van der Waals surface area contributed by atoms with Crippen LogP contribution in [0.3, 0.4) is 0 Å². The van der Waals surface area contributed by atoms with E-state index in [1.165, 1.54) is 11.3 Å². The Bertz CT molecular complexity index is 886. The Kier molecular flexibility index (Phi) is 4.85. The van der Waals surface area contributed by atoms with Crippen molar-refractivity contribution < 1.29 is 9.53 Å². The highest BCUT2D eigenvalue weighted by Gasteiger charge is 2.20. The normalized spacial score (nSPS) is 12.0. The minimum Gasteiger partial charge on any atom is -0.473 e. The quantitative estimate of drug-likeness (QED) is 0.760. The number of aromatic nitrogens is 3.